The molecule has 0 bridgehead atoms. The van der Waals surface area contributed by atoms with Crippen LogP contribution in [0.15, 0.2) is 24.3 Å². The fourth-order valence-corrected chi connectivity index (χ4v) is 2.62. The van der Waals surface area contributed by atoms with Gasteiger partial charge in [0.15, 0.2) is 0 Å². The van der Waals surface area contributed by atoms with Crippen LogP contribution in [0.25, 0.3) is 0 Å². The molecule has 20 heavy (non-hydrogen) atoms. The quantitative estimate of drug-likeness (QED) is 0.899. The van der Waals surface area contributed by atoms with Crippen LogP contribution in [0.3, 0.4) is 0 Å². The molecule has 1 aliphatic heterocycles. The van der Waals surface area contributed by atoms with Crippen LogP contribution < -0.4 is 10.1 Å². The van der Waals surface area contributed by atoms with Crippen molar-refractivity contribution in [3.63, 3.8) is 0 Å². The van der Waals surface area contributed by atoms with Crippen molar-refractivity contribution in [2.75, 3.05) is 25.0 Å². The van der Waals surface area contributed by atoms with Crippen LogP contribution in [0, 0.1) is 0 Å². The van der Waals surface area contributed by atoms with Crippen LogP contribution in [0.1, 0.15) is 33.1 Å². The molecule has 1 aromatic rings. The highest BCUT2D eigenvalue weighted by molar-refractivity contribution is 5.93. The van der Waals surface area contributed by atoms with Crippen molar-refractivity contribution in [1.29, 1.82) is 0 Å². The lowest BCUT2D eigenvalue weighted by Crippen LogP contribution is -2.42. The van der Waals surface area contributed by atoms with E-state index < -0.39 is 0 Å². The Balaban J connectivity index is 1.94. The van der Waals surface area contributed by atoms with Gasteiger partial charge in [0.1, 0.15) is 5.75 Å². The first-order chi connectivity index (χ1) is 9.70. The maximum Gasteiger partial charge on any atom is 0.238 e. The number of para-hydroxylation sites is 2. The molecule has 1 atom stereocenters. The van der Waals surface area contributed by atoms with Gasteiger partial charge in [-0.2, -0.15) is 0 Å². The minimum atomic E-state index is 0.0332. The summed E-state index contributed by atoms with van der Waals surface area (Å²) in [5, 5.41) is 2.96. The second-order valence-corrected chi connectivity index (χ2v) is 5.29. The number of nitrogens with zero attached hydrogens (tertiary/aromatic N) is 1. The van der Waals surface area contributed by atoms with Gasteiger partial charge in [0.25, 0.3) is 0 Å². The molecule has 2 rings (SSSR count). The Morgan fingerprint density at radius 1 is 1.40 bits per heavy atom. The third-order valence-corrected chi connectivity index (χ3v) is 3.75. The van der Waals surface area contributed by atoms with E-state index in [0.717, 1.165) is 18.0 Å². The molecule has 4 heteroatoms. The van der Waals surface area contributed by atoms with Crippen molar-refractivity contribution in [2.24, 2.45) is 0 Å². The molecule has 110 valence electrons. The summed E-state index contributed by atoms with van der Waals surface area (Å²) in [6.07, 6.45) is 3.64. The van der Waals surface area contributed by atoms with Gasteiger partial charge < -0.3 is 10.1 Å². The maximum absolute atomic E-state index is 12.2. The first-order valence-corrected chi connectivity index (χ1v) is 7.46. The topological polar surface area (TPSA) is 41.6 Å². The van der Waals surface area contributed by atoms with Gasteiger partial charge in [0.2, 0.25) is 5.91 Å². The van der Waals surface area contributed by atoms with Crippen molar-refractivity contribution in [2.45, 2.75) is 39.2 Å². The summed E-state index contributed by atoms with van der Waals surface area (Å²) in [6, 6.07) is 8.07. The van der Waals surface area contributed by atoms with E-state index in [-0.39, 0.29) is 5.91 Å². The number of hydrogen-bond donors (Lipinski definition) is 1. The predicted molar refractivity (Wildman–Crippen MR) is 81.1 cm³/mol. The minimum Gasteiger partial charge on any atom is -0.492 e. The SMILES string of the molecule is CCOc1ccccc1NC(=O)CN1CCCCC1C. The molecule has 1 heterocycles. The van der Waals surface area contributed by atoms with E-state index in [4.69, 9.17) is 4.74 Å². The number of rotatable bonds is 5. The van der Waals surface area contributed by atoms with E-state index in [2.05, 4.69) is 17.1 Å². The average Bonchev–Trinajstić information content (AvgIpc) is 2.44. The number of carbonyl (C=O) groups excluding carboxylic acids is 1. The Bertz CT molecular complexity index is 448. The Kier molecular flexibility index (Phi) is 5.41. The number of likely N-dealkylation sites (tertiary alicyclic amines) is 1. The Morgan fingerprint density at radius 2 is 2.20 bits per heavy atom. The van der Waals surface area contributed by atoms with Crippen molar-refractivity contribution in [1.82, 2.24) is 4.90 Å². The van der Waals surface area contributed by atoms with E-state index in [1.165, 1.54) is 19.3 Å². The molecule has 0 saturated carbocycles. The van der Waals surface area contributed by atoms with Crippen molar-refractivity contribution >= 4 is 11.6 Å². The van der Waals surface area contributed by atoms with Gasteiger partial charge in [0, 0.05) is 6.04 Å². The third kappa shape index (κ3) is 3.97. The van der Waals surface area contributed by atoms with Crippen LogP contribution in [-0.4, -0.2) is 36.5 Å². The van der Waals surface area contributed by atoms with Crippen LogP contribution in [0.5, 0.6) is 5.75 Å². The summed E-state index contributed by atoms with van der Waals surface area (Å²) in [5.74, 6) is 0.765. The molecule has 0 spiro atoms. The zero-order valence-electron chi connectivity index (χ0n) is 12.4. The van der Waals surface area contributed by atoms with E-state index in [1.807, 2.05) is 31.2 Å². The fourth-order valence-electron chi connectivity index (χ4n) is 2.62. The van der Waals surface area contributed by atoms with Crippen molar-refractivity contribution < 1.29 is 9.53 Å². The molecule has 1 aliphatic rings. The highest BCUT2D eigenvalue weighted by Crippen LogP contribution is 2.24. The van der Waals surface area contributed by atoms with Gasteiger partial charge in [-0.25, -0.2) is 0 Å². The monoisotopic (exact) mass is 276 g/mol. The molecule has 1 aromatic carbocycles. The molecule has 1 fully saturated rings. The Morgan fingerprint density at radius 3 is 2.95 bits per heavy atom. The second kappa shape index (κ2) is 7.29. The van der Waals surface area contributed by atoms with Crippen molar-refractivity contribution in [3.8, 4) is 5.75 Å². The largest absolute Gasteiger partial charge is 0.492 e. The molecular formula is C16H24N2O2. The zero-order valence-corrected chi connectivity index (χ0v) is 12.4. The van der Waals surface area contributed by atoms with Gasteiger partial charge in [0.05, 0.1) is 18.8 Å². The number of nitrogens with one attached hydrogen (secondary N) is 1. The lowest BCUT2D eigenvalue weighted by Gasteiger charge is -2.32. The van der Waals surface area contributed by atoms with Gasteiger partial charge in [-0.15, -0.1) is 0 Å². The predicted octanol–water partition coefficient (Wildman–Crippen LogP) is 2.90. The summed E-state index contributed by atoms with van der Waals surface area (Å²) >= 11 is 0. The summed E-state index contributed by atoms with van der Waals surface area (Å²) in [7, 11) is 0. The maximum atomic E-state index is 12.2. The van der Waals surface area contributed by atoms with Crippen LogP contribution in [0.2, 0.25) is 0 Å². The van der Waals surface area contributed by atoms with Gasteiger partial charge >= 0.3 is 0 Å². The average molecular weight is 276 g/mol. The van der Waals surface area contributed by atoms with E-state index in [0.29, 0.717) is 19.2 Å². The second-order valence-electron chi connectivity index (χ2n) is 5.29. The van der Waals surface area contributed by atoms with Crippen LogP contribution in [0.4, 0.5) is 5.69 Å². The molecule has 1 saturated heterocycles. The standard InChI is InChI=1S/C16H24N2O2/c1-3-20-15-10-5-4-9-14(15)17-16(19)12-18-11-7-6-8-13(18)2/h4-5,9-10,13H,3,6-8,11-12H2,1-2H3,(H,17,19). The molecule has 1 unspecified atom stereocenters. The number of benzene rings is 1. The number of ether oxygens (including phenoxy) is 1. The number of amides is 1. The first kappa shape index (κ1) is 14.9. The zero-order chi connectivity index (χ0) is 14.4. The molecule has 0 aliphatic carbocycles. The summed E-state index contributed by atoms with van der Waals surface area (Å²) in [5.41, 5.74) is 0.754. The minimum absolute atomic E-state index is 0.0332. The molecule has 0 radical (unpaired) electrons. The first-order valence-electron chi connectivity index (χ1n) is 7.46. The van der Waals surface area contributed by atoms with E-state index in [9.17, 15) is 4.79 Å². The number of hydrogen-bond acceptors (Lipinski definition) is 3. The summed E-state index contributed by atoms with van der Waals surface area (Å²) in [4.78, 5) is 14.4. The molecule has 1 amide bonds. The summed E-state index contributed by atoms with van der Waals surface area (Å²) < 4.78 is 5.52. The van der Waals surface area contributed by atoms with Gasteiger partial charge in [-0.3, -0.25) is 9.69 Å². The number of carbonyl (C=O) groups is 1. The Hall–Kier alpha value is -1.55. The Labute approximate surface area is 121 Å². The molecule has 4 nitrogen and oxygen atoms in total. The highest BCUT2D eigenvalue weighted by Gasteiger charge is 2.20. The smallest absolute Gasteiger partial charge is 0.238 e. The van der Waals surface area contributed by atoms with Gasteiger partial charge in [-0.05, 0) is 45.4 Å². The number of anilines is 1. The fraction of sp³-hybridized carbons (Fsp3) is 0.562. The van der Waals surface area contributed by atoms with E-state index in [1.54, 1.807) is 0 Å². The van der Waals surface area contributed by atoms with Crippen molar-refractivity contribution in [3.05, 3.63) is 24.3 Å². The molecular weight excluding hydrogens is 252 g/mol. The summed E-state index contributed by atoms with van der Waals surface area (Å²) in [6.45, 7) is 6.20. The van der Waals surface area contributed by atoms with Gasteiger partial charge in [-0.1, -0.05) is 18.6 Å². The third-order valence-electron chi connectivity index (χ3n) is 3.75. The molecule has 1 N–H and O–H groups in total. The van der Waals surface area contributed by atoms with Crippen LogP contribution >= 0.6 is 0 Å². The lowest BCUT2D eigenvalue weighted by molar-refractivity contribution is -0.118. The normalized spacial score (nSPS) is 19.6. The number of piperidine rings is 1. The highest BCUT2D eigenvalue weighted by atomic mass is 16.5. The van der Waals surface area contributed by atoms with E-state index >= 15 is 0 Å². The van der Waals surface area contributed by atoms with Crippen LogP contribution in [-0.2, 0) is 4.79 Å². The molecule has 0 aromatic heterocycles. The lowest BCUT2D eigenvalue weighted by atomic mass is 10.0.